The Morgan fingerprint density at radius 3 is 1.70 bits per heavy atom. The van der Waals surface area contributed by atoms with Crippen molar-refractivity contribution in [2.24, 2.45) is 0 Å². The number of hydrogen-bond acceptors (Lipinski definition) is 5. The summed E-state index contributed by atoms with van der Waals surface area (Å²) in [6.07, 6.45) is 0. The topological polar surface area (TPSA) is 107 Å². The summed E-state index contributed by atoms with van der Waals surface area (Å²) in [5, 5.41) is 7.43. The van der Waals surface area contributed by atoms with Gasteiger partial charge in [-0.1, -0.05) is 0 Å². The van der Waals surface area contributed by atoms with Crippen molar-refractivity contribution in [2.45, 2.75) is 0 Å². The van der Waals surface area contributed by atoms with Crippen molar-refractivity contribution in [1.29, 1.82) is 0 Å². The first-order chi connectivity index (χ1) is 3.42. The number of rotatable bonds is 2. The Morgan fingerprint density at radius 1 is 1.40 bits per heavy atom. The Morgan fingerprint density at radius 2 is 1.70 bits per heavy atom. The summed E-state index contributed by atoms with van der Waals surface area (Å²) in [5.74, 6) is 0. The minimum atomic E-state index is -4.92. The number of hydrogen-bond donors (Lipinski definition) is 1. The fraction of sp³-hybridized carbons (Fsp3) is 0. The molecule has 0 saturated heterocycles. The summed E-state index contributed by atoms with van der Waals surface area (Å²) in [6.45, 7) is 0. The molecule has 0 aromatic rings. The molecule has 70 valence electrons. The normalized spacial score (nSPS) is 8.50. The van der Waals surface area contributed by atoms with Gasteiger partial charge in [0.2, 0.25) is 0 Å². The van der Waals surface area contributed by atoms with Crippen molar-refractivity contribution in [1.82, 2.24) is 0 Å². The van der Waals surface area contributed by atoms with Crippen molar-refractivity contribution >= 4 is 10.4 Å². The van der Waals surface area contributed by atoms with Gasteiger partial charge >= 0.3 is 15.5 Å². The van der Waals surface area contributed by atoms with Gasteiger partial charge in [0, 0.05) is 44.8 Å². The molecule has 0 aromatic carbocycles. The third-order valence-corrected chi connectivity index (χ3v) is 0.465. The molecule has 2 radical (unpaired) electrons. The van der Waals surface area contributed by atoms with Gasteiger partial charge in [-0.3, -0.25) is 4.55 Å². The first kappa shape index (κ1) is 16.9. The summed E-state index contributed by atoms with van der Waals surface area (Å²) in [6, 6.07) is 0. The summed E-state index contributed by atoms with van der Waals surface area (Å²) >= 11 is 0. The molecular formula is HAg2NO6S. The van der Waals surface area contributed by atoms with Gasteiger partial charge in [0.15, 0.2) is 0 Å². The number of nitrogens with zero attached hydrogens (tertiary/aromatic N) is 1. The Hall–Kier alpha value is 0.591. The average Bonchev–Trinajstić information content (AvgIpc) is 1.21. The Kier molecular flexibility index (Phi) is 10.7. The van der Waals surface area contributed by atoms with Crippen LogP contribution in [0.1, 0.15) is 0 Å². The van der Waals surface area contributed by atoms with E-state index in [-0.39, 0.29) is 44.8 Å². The van der Waals surface area contributed by atoms with E-state index in [1.54, 1.807) is 0 Å². The van der Waals surface area contributed by atoms with E-state index < -0.39 is 15.5 Å². The van der Waals surface area contributed by atoms with Crippen molar-refractivity contribution in [2.75, 3.05) is 0 Å². The SMILES string of the molecule is O=[N+]([O-])OS(=O)(=O)O.[Ag].[Ag]. The molecule has 0 aliphatic carbocycles. The molecule has 0 unspecified atom stereocenters. The third-order valence-electron chi connectivity index (χ3n) is 0.155. The van der Waals surface area contributed by atoms with Crippen molar-refractivity contribution in [3.8, 4) is 0 Å². The molecule has 0 rings (SSSR count). The van der Waals surface area contributed by atoms with Crippen LogP contribution < -0.4 is 0 Å². The van der Waals surface area contributed by atoms with Crippen molar-refractivity contribution in [3.63, 3.8) is 0 Å². The summed E-state index contributed by atoms with van der Waals surface area (Å²) in [7, 11) is -4.92. The molecule has 0 bridgehead atoms. The van der Waals surface area contributed by atoms with E-state index in [0.717, 1.165) is 0 Å². The van der Waals surface area contributed by atoms with Crippen LogP contribution in [0.15, 0.2) is 0 Å². The molecule has 0 aliphatic rings. The molecule has 1 N–H and O–H groups in total. The van der Waals surface area contributed by atoms with Crippen LogP contribution in [0, 0.1) is 10.1 Å². The zero-order valence-electron chi connectivity index (χ0n) is 3.95. The zero-order valence-corrected chi connectivity index (χ0v) is 7.73. The molecular weight excluding hydrogens is 358 g/mol. The Labute approximate surface area is 87.2 Å². The summed E-state index contributed by atoms with van der Waals surface area (Å²) in [4.78, 5) is 9.06. The summed E-state index contributed by atoms with van der Waals surface area (Å²) in [5.41, 5.74) is 0. The van der Waals surface area contributed by atoms with Crippen LogP contribution in [-0.4, -0.2) is 18.1 Å². The molecule has 0 atom stereocenters. The van der Waals surface area contributed by atoms with Crippen LogP contribution >= 0.6 is 0 Å². The predicted octanol–water partition coefficient (Wildman–Crippen LogP) is -1.01. The third kappa shape index (κ3) is 15.8. The maximum Gasteiger partial charge on any atom is 0.429 e. The van der Waals surface area contributed by atoms with E-state index in [2.05, 4.69) is 4.28 Å². The Bertz CT molecular complexity index is 182. The van der Waals surface area contributed by atoms with Crippen LogP contribution in [0.2, 0.25) is 0 Å². The van der Waals surface area contributed by atoms with Gasteiger partial charge in [0.1, 0.15) is 0 Å². The largest absolute Gasteiger partial charge is 0.429 e. The molecule has 0 aliphatic heterocycles. The molecule has 10 heteroatoms. The zero-order chi connectivity index (χ0) is 6.78. The fourth-order valence-corrected chi connectivity index (χ4v) is 0.231. The van der Waals surface area contributed by atoms with E-state index in [0.29, 0.717) is 0 Å². The maximum atomic E-state index is 9.33. The average molecular weight is 359 g/mol. The van der Waals surface area contributed by atoms with Gasteiger partial charge in [0.05, 0.1) is 0 Å². The molecule has 0 aromatic heterocycles. The van der Waals surface area contributed by atoms with E-state index in [1.807, 2.05) is 0 Å². The van der Waals surface area contributed by atoms with E-state index >= 15 is 0 Å². The van der Waals surface area contributed by atoms with Crippen LogP contribution in [0.4, 0.5) is 0 Å². The molecule has 0 heterocycles. The van der Waals surface area contributed by atoms with Gasteiger partial charge in [-0.2, -0.15) is 12.7 Å². The van der Waals surface area contributed by atoms with Gasteiger partial charge < -0.3 is 0 Å². The van der Waals surface area contributed by atoms with Gasteiger partial charge in [-0.15, -0.1) is 10.1 Å². The minimum Gasteiger partial charge on any atom is -0.265 e. The van der Waals surface area contributed by atoms with Crippen molar-refractivity contribution < 1.29 is 67.1 Å². The molecule has 0 saturated carbocycles. The van der Waals surface area contributed by atoms with Crippen LogP contribution in [0.3, 0.4) is 0 Å². The fourth-order valence-electron chi connectivity index (χ4n) is 0.0769. The second-order valence-electron chi connectivity index (χ2n) is 0.726. The predicted molar refractivity (Wildman–Crippen MR) is 19.6 cm³/mol. The minimum absolute atomic E-state index is 0. The van der Waals surface area contributed by atoms with Gasteiger partial charge in [0.25, 0.3) is 0 Å². The second-order valence-corrected chi connectivity index (χ2v) is 1.73. The van der Waals surface area contributed by atoms with Crippen LogP contribution in [0.5, 0.6) is 0 Å². The van der Waals surface area contributed by atoms with Crippen LogP contribution in [0.25, 0.3) is 0 Å². The van der Waals surface area contributed by atoms with Crippen LogP contribution in [-0.2, 0) is 59.4 Å². The van der Waals surface area contributed by atoms with E-state index in [4.69, 9.17) is 14.7 Å². The second kappa shape index (κ2) is 6.31. The van der Waals surface area contributed by atoms with Crippen molar-refractivity contribution in [3.05, 3.63) is 10.1 Å². The van der Waals surface area contributed by atoms with E-state index in [9.17, 15) is 8.42 Å². The molecule has 7 nitrogen and oxygen atoms in total. The molecule has 0 fully saturated rings. The van der Waals surface area contributed by atoms with E-state index in [1.165, 1.54) is 0 Å². The Balaban J connectivity index is -0.000000245. The molecule has 10 heavy (non-hydrogen) atoms. The smallest absolute Gasteiger partial charge is 0.265 e. The monoisotopic (exact) mass is 357 g/mol. The van der Waals surface area contributed by atoms with Gasteiger partial charge in [-0.25, -0.2) is 0 Å². The summed E-state index contributed by atoms with van der Waals surface area (Å²) < 4.78 is 28.9. The van der Waals surface area contributed by atoms with Gasteiger partial charge in [-0.05, 0) is 0 Å². The standard InChI is InChI=1S/2Ag.HNO6S/c;;2-1(3)7-8(4,5)6/h;;(H,4,5,6). The first-order valence-electron chi connectivity index (χ1n) is 1.23. The first-order valence-corrected chi connectivity index (χ1v) is 2.60. The quantitative estimate of drug-likeness (QED) is 0.293. The maximum absolute atomic E-state index is 9.33. The molecule has 0 spiro atoms. The molecule has 0 amide bonds.